The van der Waals surface area contributed by atoms with Gasteiger partial charge in [0, 0.05) is 54.9 Å². The number of aromatic nitrogens is 3. The first-order chi connectivity index (χ1) is 18.4. The second kappa shape index (κ2) is 11.4. The zero-order valence-corrected chi connectivity index (χ0v) is 21.4. The number of anilines is 4. The fourth-order valence-corrected chi connectivity index (χ4v) is 4.55. The Morgan fingerprint density at radius 3 is 2.58 bits per heavy atom. The van der Waals surface area contributed by atoms with Crippen LogP contribution in [-0.4, -0.2) is 57.0 Å². The fraction of sp³-hybridized carbons (Fsp3) is 0.286. The lowest BCUT2D eigenvalue weighted by atomic mass is 10.0. The van der Waals surface area contributed by atoms with E-state index in [1.54, 1.807) is 24.4 Å². The molecule has 0 spiro atoms. The first kappa shape index (κ1) is 25.3. The highest BCUT2D eigenvalue weighted by atomic mass is 19.1. The smallest absolute Gasteiger partial charge is 0.253 e. The number of likely N-dealkylation sites (tertiary alicyclic amines) is 1. The van der Waals surface area contributed by atoms with Crippen molar-refractivity contribution in [3.63, 3.8) is 0 Å². The van der Waals surface area contributed by atoms with Crippen molar-refractivity contribution in [2.24, 2.45) is 0 Å². The van der Waals surface area contributed by atoms with Crippen molar-refractivity contribution >= 4 is 29.0 Å². The number of carbonyl (C=O) groups is 1. The summed E-state index contributed by atoms with van der Waals surface area (Å²) in [6, 6.07) is 17.3. The molecule has 0 saturated carbocycles. The number of halogens is 1. The second-order valence-corrected chi connectivity index (χ2v) is 9.49. The molecule has 2 aromatic carbocycles. The van der Waals surface area contributed by atoms with Crippen LogP contribution >= 0.6 is 0 Å². The van der Waals surface area contributed by atoms with Gasteiger partial charge in [-0.2, -0.15) is 4.98 Å². The summed E-state index contributed by atoms with van der Waals surface area (Å²) in [5, 5.41) is 10.4. The van der Waals surface area contributed by atoms with Crippen molar-refractivity contribution in [2.75, 3.05) is 30.8 Å². The molecule has 1 fully saturated rings. The Bertz CT molecular complexity index is 1370. The van der Waals surface area contributed by atoms with Crippen LogP contribution in [0.15, 0.2) is 71.4 Å². The quantitative estimate of drug-likeness (QED) is 0.333. The SMILES string of the molecule is Cc1cc(CN(C)C2CCCN(C(=O)c3ccc(Nc4nccc(Nc5ccc(F)cc5)n4)cc3)C2)no1. The summed E-state index contributed by atoms with van der Waals surface area (Å²) in [4.78, 5) is 26.1. The predicted octanol–water partition coefficient (Wildman–Crippen LogP) is 5.14. The Morgan fingerprint density at radius 2 is 1.84 bits per heavy atom. The molecule has 4 aromatic rings. The van der Waals surface area contributed by atoms with Gasteiger partial charge >= 0.3 is 0 Å². The summed E-state index contributed by atoms with van der Waals surface area (Å²) < 4.78 is 18.3. The van der Waals surface area contributed by atoms with Crippen LogP contribution in [0.5, 0.6) is 0 Å². The summed E-state index contributed by atoms with van der Waals surface area (Å²) in [7, 11) is 2.06. The number of carbonyl (C=O) groups excluding carboxylic acids is 1. The molecule has 0 aliphatic carbocycles. The minimum absolute atomic E-state index is 0.0219. The van der Waals surface area contributed by atoms with Crippen LogP contribution in [0.2, 0.25) is 0 Å². The molecule has 38 heavy (non-hydrogen) atoms. The molecule has 10 heteroatoms. The van der Waals surface area contributed by atoms with Gasteiger partial charge in [-0.3, -0.25) is 9.69 Å². The molecule has 196 valence electrons. The maximum Gasteiger partial charge on any atom is 0.253 e. The van der Waals surface area contributed by atoms with Crippen LogP contribution in [-0.2, 0) is 6.54 Å². The molecule has 1 aliphatic heterocycles. The van der Waals surface area contributed by atoms with Crippen molar-refractivity contribution in [1.29, 1.82) is 0 Å². The Kier molecular flexibility index (Phi) is 7.60. The van der Waals surface area contributed by atoms with E-state index in [1.165, 1.54) is 12.1 Å². The molecular formula is C28H30FN7O2. The van der Waals surface area contributed by atoms with Gasteiger partial charge in [0.25, 0.3) is 5.91 Å². The van der Waals surface area contributed by atoms with Crippen molar-refractivity contribution < 1.29 is 13.7 Å². The van der Waals surface area contributed by atoms with Crippen LogP contribution in [0.3, 0.4) is 0 Å². The van der Waals surface area contributed by atoms with E-state index in [-0.39, 0.29) is 17.8 Å². The van der Waals surface area contributed by atoms with Crippen LogP contribution in [0.1, 0.15) is 34.7 Å². The normalized spacial score (nSPS) is 15.5. The fourth-order valence-electron chi connectivity index (χ4n) is 4.55. The first-order valence-corrected chi connectivity index (χ1v) is 12.6. The van der Waals surface area contributed by atoms with Crippen LogP contribution < -0.4 is 10.6 Å². The molecule has 1 saturated heterocycles. The third kappa shape index (κ3) is 6.33. The van der Waals surface area contributed by atoms with Crippen molar-refractivity contribution in [1.82, 2.24) is 24.9 Å². The number of hydrogen-bond donors (Lipinski definition) is 2. The average molecular weight is 516 g/mol. The van der Waals surface area contributed by atoms with Crippen molar-refractivity contribution in [3.05, 3.63) is 89.7 Å². The van der Waals surface area contributed by atoms with Gasteiger partial charge in [0.15, 0.2) is 0 Å². The highest BCUT2D eigenvalue weighted by molar-refractivity contribution is 5.94. The molecular weight excluding hydrogens is 485 g/mol. The van der Waals surface area contributed by atoms with Gasteiger partial charge in [0.1, 0.15) is 17.4 Å². The van der Waals surface area contributed by atoms with Crippen LogP contribution in [0, 0.1) is 12.7 Å². The summed E-state index contributed by atoms with van der Waals surface area (Å²) >= 11 is 0. The van der Waals surface area contributed by atoms with E-state index < -0.39 is 0 Å². The maximum absolute atomic E-state index is 13.2. The summed E-state index contributed by atoms with van der Waals surface area (Å²) in [5.74, 6) is 1.50. The lowest BCUT2D eigenvalue weighted by Crippen LogP contribution is -2.48. The second-order valence-electron chi connectivity index (χ2n) is 9.49. The zero-order chi connectivity index (χ0) is 26.5. The topological polar surface area (TPSA) is 99.4 Å². The summed E-state index contributed by atoms with van der Waals surface area (Å²) in [6.07, 6.45) is 3.62. The molecule has 3 heterocycles. The number of aryl methyl sites for hydroxylation is 1. The molecule has 2 N–H and O–H groups in total. The van der Waals surface area contributed by atoms with Gasteiger partial charge in [0.05, 0.1) is 5.69 Å². The van der Waals surface area contributed by atoms with E-state index in [0.717, 1.165) is 42.2 Å². The van der Waals surface area contributed by atoms with Crippen LogP contribution in [0.4, 0.5) is 27.5 Å². The van der Waals surface area contributed by atoms with Crippen molar-refractivity contribution in [3.8, 4) is 0 Å². The summed E-state index contributed by atoms with van der Waals surface area (Å²) in [5.41, 5.74) is 3.02. The number of nitrogens with one attached hydrogen (secondary N) is 2. The highest BCUT2D eigenvalue weighted by Gasteiger charge is 2.27. The Morgan fingerprint density at radius 1 is 1.11 bits per heavy atom. The van der Waals surface area contributed by atoms with E-state index in [0.29, 0.717) is 30.4 Å². The van der Waals surface area contributed by atoms with Gasteiger partial charge < -0.3 is 20.1 Å². The predicted molar refractivity (Wildman–Crippen MR) is 143 cm³/mol. The molecule has 1 aliphatic rings. The zero-order valence-electron chi connectivity index (χ0n) is 21.4. The average Bonchev–Trinajstić information content (AvgIpc) is 3.34. The van der Waals surface area contributed by atoms with Gasteiger partial charge in [-0.15, -0.1) is 0 Å². The number of nitrogens with zero attached hydrogens (tertiary/aromatic N) is 5. The number of amides is 1. The Balaban J connectivity index is 1.18. The number of rotatable bonds is 8. The van der Waals surface area contributed by atoms with Crippen molar-refractivity contribution in [2.45, 2.75) is 32.4 Å². The molecule has 0 radical (unpaired) electrons. The van der Waals surface area contributed by atoms with Gasteiger partial charge in [0.2, 0.25) is 5.95 Å². The minimum Gasteiger partial charge on any atom is -0.361 e. The van der Waals surface area contributed by atoms with E-state index in [9.17, 15) is 9.18 Å². The summed E-state index contributed by atoms with van der Waals surface area (Å²) in [6.45, 7) is 3.99. The largest absolute Gasteiger partial charge is 0.361 e. The molecule has 1 atom stereocenters. The van der Waals surface area contributed by atoms with Crippen LogP contribution in [0.25, 0.3) is 0 Å². The standard InChI is InChI=1S/C28H30FN7O2/c1-19-16-24(34-38-19)17-35(2)25-4-3-15-36(18-25)27(37)20-5-9-23(10-6-20)32-28-30-14-13-26(33-28)31-22-11-7-21(29)8-12-22/h5-14,16,25H,3-4,15,17-18H2,1-2H3,(H2,30,31,32,33). The number of hydrogen-bond acceptors (Lipinski definition) is 8. The number of likely N-dealkylation sites (N-methyl/N-ethyl adjacent to an activating group) is 1. The molecule has 9 nitrogen and oxygen atoms in total. The van der Waals surface area contributed by atoms with E-state index in [1.807, 2.05) is 42.2 Å². The Labute approximate surface area is 220 Å². The molecule has 1 unspecified atom stereocenters. The Hall–Kier alpha value is -4.31. The number of benzene rings is 2. The van der Waals surface area contributed by atoms with E-state index in [2.05, 4.69) is 37.7 Å². The molecule has 1 amide bonds. The molecule has 0 bridgehead atoms. The van der Waals surface area contributed by atoms with E-state index >= 15 is 0 Å². The minimum atomic E-state index is -0.298. The highest BCUT2D eigenvalue weighted by Crippen LogP contribution is 2.22. The third-order valence-corrected chi connectivity index (χ3v) is 6.56. The first-order valence-electron chi connectivity index (χ1n) is 12.6. The maximum atomic E-state index is 13.2. The third-order valence-electron chi connectivity index (χ3n) is 6.56. The van der Waals surface area contributed by atoms with E-state index in [4.69, 9.17) is 4.52 Å². The lowest BCUT2D eigenvalue weighted by molar-refractivity contribution is 0.0599. The van der Waals surface area contributed by atoms with Gasteiger partial charge in [-0.1, -0.05) is 5.16 Å². The lowest BCUT2D eigenvalue weighted by Gasteiger charge is -2.37. The molecule has 5 rings (SSSR count). The van der Waals surface area contributed by atoms with Gasteiger partial charge in [-0.05, 0) is 81.4 Å². The number of piperidine rings is 1. The molecule has 2 aromatic heterocycles. The van der Waals surface area contributed by atoms with Gasteiger partial charge in [-0.25, -0.2) is 9.37 Å². The monoisotopic (exact) mass is 515 g/mol.